The first-order chi connectivity index (χ1) is 11.1. The number of carbonyl (C=O) groups excluding carboxylic acids is 1. The van der Waals surface area contributed by atoms with Gasteiger partial charge in [-0.05, 0) is 48.9 Å². The average Bonchev–Trinajstić information content (AvgIpc) is 3.04. The van der Waals surface area contributed by atoms with Gasteiger partial charge in [0.25, 0.3) is 5.91 Å². The molecule has 4 N–H and O–H groups in total. The second-order valence-electron chi connectivity index (χ2n) is 6.02. The average molecular weight is 326 g/mol. The standard InChI is InChI=1S/C17H18N4OS/c1-9(19-10-5-6-10)11-7-8-23-15(11)17-20-13-4-2-3-12(16(18)22)14(13)21-17/h2-4,7-10,19H,5-6H2,1H3,(H2,18,22)(H,20,21)/t9-/m0/s1. The summed E-state index contributed by atoms with van der Waals surface area (Å²) in [6.07, 6.45) is 2.52. The summed E-state index contributed by atoms with van der Waals surface area (Å²) >= 11 is 1.66. The van der Waals surface area contributed by atoms with Crippen LogP contribution in [0.25, 0.3) is 21.7 Å². The van der Waals surface area contributed by atoms with Gasteiger partial charge in [0.05, 0.1) is 16.0 Å². The molecule has 1 aliphatic rings. The Morgan fingerprint density at radius 1 is 1.43 bits per heavy atom. The fourth-order valence-electron chi connectivity index (χ4n) is 2.88. The largest absolute Gasteiger partial charge is 0.366 e. The van der Waals surface area contributed by atoms with Crippen molar-refractivity contribution in [3.63, 3.8) is 0 Å². The minimum Gasteiger partial charge on any atom is -0.366 e. The Morgan fingerprint density at radius 3 is 3.00 bits per heavy atom. The van der Waals surface area contributed by atoms with E-state index in [0.29, 0.717) is 17.1 Å². The van der Waals surface area contributed by atoms with Gasteiger partial charge in [0.2, 0.25) is 0 Å². The monoisotopic (exact) mass is 326 g/mol. The number of para-hydroxylation sites is 1. The van der Waals surface area contributed by atoms with E-state index >= 15 is 0 Å². The summed E-state index contributed by atoms with van der Waals surface area (Å²) < 4.78 is 0. The number of thiophene rings is 1. The molecular weight excluding hydrogens is 308 g/mol. The van der Waals surface area contributed by atoms with Gasteiger partial charge in [-0.1, -0.05) is 6.07 Å². The third kappa shape index (κ3) is 2.64. The van der Waals surface area contributed by atoms with Gasteiger partial charge in [0, 0.05) is 12.1 Å². The lowest BCUT2D eigenvalue weighted by Gasteiger charge is -2.13. The van der Waals surface area contributed by atoms with Crippen LogP contribution in [-0.2, 0) is 0 Å². The SMILES string of the molecule is C[C@H](NC1CC1)c1ccsc1-c1nc2c(C(N)=O)cccc2[nH]1. The number of fused-ring (bicyclic) bond motifs is 1. The quantitative estimate of drug-likeness (QED) is 0.673. The van der Waals surface area contributed by atoms with E-state index in [9.17, 15) is 4.79 Å². The molecule has 118 valence electrons. The topological polar surface area (TPSA) is 83.8 Å². The number of benzene rings is 1. The van der Waals surface area contributed by atoms with Gasteiger partial charge in [-0.3, -0.25) is 4.79 Å². The molecule has 1 atom stereocenters. The zero-order valence-corrected chi connectivity index (χ0v) is 13.6. The summed E-state index contributed by atoms with van der Waals surface area (Å²) in [7, 11) is 0. The van der Waals surface area contributed by atoms with Crippen molar-refractivity contribution in [1.82, 2.24) is 15.3 Å². The Balaban J connectivity index is 1.76. The minimum atomic E-state index is -0.455. The Labute approximate surface area is 137 Å². The van der Waals surface area contributed by atoms with Crippen LogP contribution in [0, 0.1) is 0 Å². The molecule has 23 heavy (non-hydrogen) atoms. The Hall–Kier alpha value is -2.18. The van der Waals surface area contributed by atoms with Crippen molar-refractivity contribution < 1.29 is 4.79 Å². The fraction of sp³-hybridized carbons (Fsp3) is 0.294. The number of aromatic amines is 1. The van der Waals surface area contributed by atoms with E-state index in [1.165, 1.54) is 18.4 Å². The van der Waals surface area contributed by atoms with Crippen molar-refractivity contribution in [3.8, 4) is 10.7 Å². The van der Waals surface area contributed by atoms with E-state index in [1.54, 1.807) is 17.4 Å². The highest BCUT2D eigenvalue weighted by Crippen LogP contribution is 2.35. The summed E-state index contributed by atoms with van der Waals surface area (Å²) in [6, 6.07) is 8.51. The second-order valence-corrected chi connectivity index (χ2v) is 6.94. The summed E-state index contributed by atoms with van der Waals surface area (Å²) in [6.45, 7) is 2.18. The Kier molecular flexibility index (Phi) is 3.43. The molecular formula is C17H18N4OS. The summed E-state index contributed by atoms with van der Waals surface area (Å²) in [5, 5.41) is 5.70. The zero-order valence-electron chi connectivity index (χ0n) is 12.8. The zero-order chi connectivity index (χ0) is 16.0. The van der Waals surface area contributed by atoms with Crippen LogP contribution in [0.1, 0.15) is 41.7 Å². The third-order valence-corrected chi connectivity index (χ3v) is 5.16. The number of amides is 1. The number of hydrogen-bond acceptors (Lipinski definition) is 4. The maximum atomic E-state index is 11.6. The van der Waals surface area contributed by atoms with Gasteiger partial charge in [-0.2, -0.15) is 0 Å². The van der Waals surface area contributed by atoms with Crippen LogP contribution < -0.4 is 11.1 Å². The molecule has 2 heterocycles. The van der Waals surface area contributed by atoms with E-state index in [0.717, 1.165) is 16.2 Å². The molecule has 1 aliphatic carbocycles. The number of carbonyl (C=O) groups is 1. The molecule has 0 spiro atoms. The fourth-order valence-corrected chi connectivity index (χ4v) is 3.82. The van der Waals surface area contributed by atoms with Crippen molar-refractivity contribution in [1.29, 1.82) is 0 Å². The molecule has 0 aliphatic heterocycles. The first-order valence-corrected chi connectivity index (χ1v) is 8.64. The lowest BCUT2D eigenvalue weighted by atomic mass is 10.1. The predicted molar refractivity (Wildman–Crippen MR) is 92.5 cm³/mol. The van der Waals surface area contributed by atoms with Crippen LogP contribution >= 0.6 is 11.3 Å². The minimum absolute atomic E-state index is 0.285. The maximum absolute atomic E-state index is 11.6. The van der Waals surface area contributed by atoms with Crippen molar-refractivity contribution in [2.75, 3.05) is 0 Å². The summed E-state index contributed by atoms with van der Waals surface area (Å²) in [5.41, 5.74) is 8.60. The number of imidazole rings is 1. The molecule has 1 aromatic carbocycles. The first-order valence-electron chi connectivity index (χ1n) is 7.76. The second kappa shape index (κ2) is 5.47. The van der Waals surface area contributed by atoms with E-state index < -0.39 is 5.91 Å². The lowest BCUT2D eigenvalue weighted by Crippen LogP contribution is -2.20. The third-order valence-electron chi connectivity index (χ3n) is 4.22. The van der Waals surface area contributed by atoms with Crippen LogP contribution in [0.5, 0.6) is 0 Å². The number of nitrogens with two attached hydrogens (primary N) is 1. The van der Waals surface area contributed by atoms with Crippen molar-refractivity contribution in [2.24, 2.45) is 5.73 Å². The van der Waals surface area contributed by atoms with Gasteiger partial charge in [-0.25, -0.2) is 4.98 Å². The highest BCUT2D eigenvalue weighted by molar-refractivity contribution is 7.13. The van der Waals surface area contributed by atoms with Crippen LogP contribution in [-0.4, -0.2) is 21.9 Å². The molecule has 0 bridgehead atoms. The molecule has 3 aromatic rings. The number of H-pyrrole nitrogens is 1. The van der Waals surface area contributed by atoms with Crippen molar-refractivity contribution in [2.45, 2.75) is 31.8 Å². The molecule has 6 heteroatoms. The first kappa shape index (κ1) is 14.4. The predicted octanol–water partition coefficient (Wildman–Crippen LogP) is 3.20. The number of nitrogens with zero attached hydrogens (tertiary/aromatic N) is 1. The van der Waals surface area contributed by atoms with Crippen LogP contribution in [0.2, 0.25) is 0 Å². The van der Waals surface area contributed by atoms with Gasteiger partial charge >= 0.3 is 0 Å². The number of primary amides is 1. The van der Waals surface area contributed by atoms with Crippen LogP contribution in [0.3, 0.4) is 0 Å². The lowest BCUT2D eigenvalue weighted by molar-refractivity contribution is 0.100. The number of nitrogens with one attached hydrogen (secondary N) is 2. The van der Waals surface area contributed by atoms with Gasteiger partial charge in [-0.15, -0.1) is 11.3 Å². The molecule has 2 aromatic heterocycles. The molecule has 0 unspecified atom stereocenters. The van der Waals surface area contributed by atoms with Gasteiger partial charge in [0.1, 0.15) is 11.3 Å². The Morgan fingerprint density at radius 2 is 2.26 bits per heavy atom. The number of rotatable bonds is 5. The highest BCUT2D eigenvalue weighted by atomic mass is 32.1. The molecule has 4 rings (SSSR count). The van der Waals surface area contributed by atoms with E-state index in [1.807, 2.05) is 12.1 Å². The molecule has 5 nitrogen and oxygen atoms in total. The van der Waals surface area contributed by atoms with Gasteiger partial charge in [0.15, 0.2) is 0 Å². The van der Waals surface area contributed by atoms with Crippen LogP contribution in [0.15, 0.2) is 29.6 Å². The van der Waals surface area contributed by atoms with E-state index in [2.05, 4.69) is 33.7 Å². The molecule has 0 radical (unpaired) electrons. The molecule has 1 fully saturated rings. The summed E-state index contributed by atoms with van der Waals surface area (Å²) in [4.78, 5) is 20.6. The van der Waals surface area contributed by atoms with E-state index in [4.69, 9.17) is 5.73 Å². The molecule has 1 saturated carbocycles. The van der Waals surface area contributed by atoms with Gasteiger partial charge < -0.3 is 16.0 Å². The normalized spacial score (nSPS) is 15.9. The number of aromatic nitrogens is 2. The Bertz CT molecular complexity index is 878. The van der Waals surface area contributed by atoms with Crippen LogP contribution in [0.4, 0.5) is 0 Å². The smallest absolute Gasteiger partial charge is 0.250 e. The number of hydrogen-bond donors (Lipinski definition) is 3. The molecule has 0 saturated heterocycles. The summed E-state index contributed by atoms with van der Waals surface area (Å²) in [5.74, 6) is 0.340. The van der Waals surface area contributed by atoms with E-state index in [-0.39, 0.29) is 6.04 Å². The van der Waals surface area contributed by atoms with Crippen molar-refractivity contribution in [3.05, 3.63) is 40.8 Å². The van der Waals surface area contributed by atoms with Crippen molar-refractivity contribution >= 4 is 28.3 Å². The highest BCUT2D eigenvalue weighted by Gasteiger charge is 2.25. The molecule has 1 amide bonds. The maximum Gasteiger partial charge on any atom is 0.250 e.